The van der Waals surface area contributed by atoms with Crippen LogP contribution in [0.3, 0.4) is 0 Å². The fraction of sp³-hybridized carbons (Fsp3) is 0.667. The zero-order valence-electron chi connectivity index (χ0n) is 11.9. The molecule has 0 radical (unpaired) electrons. The van der Waals surface area contributed by atoms with Crippen molar-refractivity contribution in [2.24, 2.45) is 5.92 Å². The maximum atomic E-state index is 11.9. The Bertz CT molecular complexity index is 385. The van der Waals surface area contributed by atoms with Gasteiger partial charge in [0.25, 0.3) is 0 Å². The smallest absolute Gasteiger partial charge is 0.236 e. The molecule has 1 aliphatic carbocycles. The molecule has 1 N–H and O–H groups in total. The number of thiophene rings is 1. The van der Waals surface area contributed by atoms with Gasteiger partial charge >= 0.3 is 0 Å². The van der Waals surface area contributed by atoms with Crippen LogP contribution in [0.15, 0.2) is 17.5 Å². The SMILES string of the molecule is CCN(C)C(=O)CNC(c1cccs1)C1CCCC1. The molecule has 0 bridgehead atoms. The second-order valence-corrected chi connectivity index (χ2v) is 6.31. The highest BCUT2D eigenvalue weighted by molar-refractivity contribution is 7.10. The fourth-order valence-corrected chi connectivity index (χ4v) is 3.66. The van der Waals surface area contributed by atoms with E-state index in [0.29, 0.717) is 18.5 Å². The second-order valence-electron chi connectivity index (χ2n) is 5.33. The van der Waals surface area contributed by atoms with E-state index in [-0.39, 0.29) is 5.91 Å². The summed E-state index contributed by atoms with van der Waals surface area (Å²) >= 11 is 1.80. The quantitative estimate of drug-likeness (QED) is 0.868. The van der Waals surface area contributed by atoms with Crippen LogP contribution in [-0.4, -0.2) is 30.9 Å². The molecular weight excluding hydrogens is 256 g/mol. The summed E-state index contributed by atoms with van der Waals surface area (Å²) in [5.41, 5.74) is 0. The van der Waals surface area contributed by atoms with Crippen molar-refractivity contribution < 1.29 is 4.79 Å². The van der Waals surface area contributed by atoms with E-state index in [4.69, 9.17) is 0 Å². The van der Waals surface area contributed by atoms with Gasteiger partial charge in [0, 0.05) is 24.5 Å². The Labute approximate surface area is 120 Å². The van der Waals surface area contributed by atoms with E-state index in [1.54, 1.807) is 16.2 Å². The van der Waals surface area contributed by atoms with Crippen molar-refractivity contribution in [1.29, 1.82) is 0 Å². The summed E-state index contributed by atoms with van der Waals surface area (Å²) in [6.07, 6.45) is 5.23. The number of hydrogen-bond acceptors (Lipinski definition) is 3. The van der Waals surface area contributed by atoms with Crippen molar-refractivity contribution >= 4 is 17.2 Å². The molecule has 1 heterocycles. The normalized spacial score (nSPS) is 17.6. The summed E-state index contributed by atoms with van der Waals surface area (Å²) in [4.78, 5) is 15.1. The maximum Gasteiger partial charge on any atom is 0.236 e. The minimum atomic E-state index is 0.182. The van der Waals surface area contributed by atoms with Gasteiger partial charge in [-0.1, -0.05) is 18.9 Å². The van der Waals surface area contributed by atoms with Crippen LogP contribution in [-0.2, 0) is 4.79 Å². The summed E-state index contributed by atoms with van der Waals surface area (Å²) < 4.78 is 0. The van der Waals surface area contributed by atoms with Crippen molar-refractivity contribution in [3.8, 4) is 0 Å². The summed E-state index contributed by atoms with van der Waals surface area (Å²) in [5, 5.41) is 5.62. The molecule has 3 nitrogen and oxygen atoms in total. The van der Waals surface area contributed by atoms with Gasteiger partial charge in [-0.3, -0.25) is 4.79 Å². The number of hydrogen-bond donors (Lipinski definition) is 1. The lowest BCUT2D eigenvalue weighted by molar-refractivity contribution is -0.128. The molecule has 1 atom stereocenters. The summed E-state index contributed by atoms with van der Waals surface area (Å²) in [6.45, 7) is 3.22. The number of likely N-dealkylation sites (N-methyl/N-ethyl adjacent to an activating group) is 1. The molecule has 106 valence electrons. The van der Waals surface area contributed by atoms with E-state index in [9.17, 15) is 4.79 Å². The molecular formula is C15H24N2OS. The minimum Gasteiger partial charge on any atom is -0.345 e. The van der Waals surface area contributed by atoms with Crippen molar-refractivity contribution in [3.05, 3.63) is 22.4 Å². The van der Waals surface area contributed by atoms with Crippen molar-refractivity contribution in [3.63, 3.8) is 0 Å². The van der Waals surface area contributed by atoms with Gasteiger partial charge in [-0.25, -0.2) is 0 Å². The van der Waals surface area contributed by atoms with E-state index >= 15 is 0 Å². The third-order valence-corrected chi connectivity index (χ3v) is 5.05. The van der Waals surface area contributed by atoms with Gasteiger partial charge in [0.15, 0.2) is 0 Å². The third kappa shape index (κ3) is 3.80. The molecule has 0 aromatic carbocycles. The van der Waals surface area contributed by atoms with E-state index in [2.05, 4.69) is 22.8 Å². The van der Waals surface area contributed by atoms with Gasteiger partial charge < -0.3 is 10.2 Å². The highest BCUT2D eigenvalue weighted by Gasteiger charge is 2.27. The highest BCUT2D eigenvalue weighted by atomic mass is 32.1. The van der Waals surface area contributed by atoms with Gasteiger partial charge in [0.2, 0.25) is 5.91 Å². The fourth-order valence-electron chi connectivity index (χ4n) is 2.77. The van der Waals surface area contributed by atoms with Crippen LogP contribution in [0.5, 0.6) is 0 Å². The number of carbonyl (C=O) groups excluding carboxylic acids is 1. The topological polar surface area (TPSA) is 32.3 Å². The molecule has 1 aliphatic rings. The monoisotopic (exact) mass is 280 g/mol. The van der Waals surface area contributed by atoms with Crippen molar-refractivity contribution in [1.82, 2.24) is 10.2 Å². The van der Waals surface area contributed by atoms with E-state index in [1.165, 1.54) is 30.6 Å². The third-order valence-electron chi connectivity index (χ3n) is 4.09. The molecule has 1 fully saturated rings. The summed E-state index contributed by atoms with van der Waals surface area (Å²) in [5.74, 6) is 0.875. The molecule has 1 unspecified atom stereocenters. The van der Waals surface area contributed by atoms with Crippen LogP contribution in [0.4, 0.5) is 0 Å². The van der Waals surface area contributed by atoms with E-state index < -0.39 is 0 Å². The Morgan fingerprint density at radius 1 is 1.53 bits per heavy atom. The van der Waals surface area contributed by atoms with Gasteiger partial charge in [0.05, 0.1) is 6.54 Å². The Balaban J connectivity index is 1.96. The Morgan fingerprint density at radius 2 is 2.26 bits per heavy atom. The average Bonchev–Trinajstić information content (AvgIpc) is 3.11. The van der Waals surface area contributed by atoms with Gasteiger partial charge in [-0.05, 0) is 37.1 Å². The molecule has 0 aliphatic heterocycles. The van der Waals surface area contributed by atoms with E-state index in [0.717, 1.165) is 6.54 Å². The van der Waals surface area contributed by atoms with Crippen LogP contribution in [0.1, 0.15) is 43.5 Å². The van der Waals surface area contributed by atoms with Crippen LogP contribution < -0.4 is 5.32 Å². The number of carbonyl (C=O) groups is 1. The zero-order chi connectivity index (χ0) is 13.7. The molecule has 2 rings (SSSR count). The largest absolute Gasteiger partial charge is 0.345 e. The molecule has 1 aromatic heterocycles. The predicted molar refractivity (Wildman–Crippen MR) is 80.3 cm³/mol. The first-order valence-electron chi connectivity index (χ1n) is 7.23. The molecule has 1 aromatic rings. The molecule has 19 heavy (non-hydrogen) atoms. The van der Waals surface area contributed by atoms with E-state index in [1.807, 2.05) is 14.0 Å². The second kappa shape index (κ2) is 7.06. The van der Waals surface area contributed by atoms with Crippen molar-refractivity contribution in [2.75, 3.05) is 20.1 Å². The summed E-state index contributed by atoms with van der Waals surface area (Å²) in [7, 11) is 1.86. The van der Waals surface area contributed by atoms with Gasteiger partial charge in [-0.2, -0.15) is 0 Å². The zero-order valence-corrected chi connectivity index (χ0v) is 12.7. The number of amides is 1. The Morgan fingerprint density at radius 3 is 2.84 bits per heavy atom. The lowest BCUT2D eigenvalue weighted by atomic mass is 9.96. The molecule has 1 saturated carbocycles. The van der Waals surface area contributed by atoms with Crippen LogP contribution in [0, 0.1) is 5.92 Å². The lowest BCUT2D eigenvalue weighted by Gasteiger charge is -2.25. The highest BCUT2D eigenvalue weighted by Crippen LogP contribution is 2.37. The Kier molecular flexibility index (Phi) is 5.40. The Hall–Kier alpha value is -0.870. The molecule has 0 saturated heterocycles. The van der Waals surface area contributed by atoms with Crippen LogP contribution >= 0.6 is 11.3 Å². The lowest BCUT2D eigenvalue weighted by Crippen LogP contribution is -2.38. The first kappa shape index (κ1) is 14.5. The van der Waals surface area contributed by atoms with Gasteiger partial charge in [-0.15, -0.1) is 11.3 Å². The number of rotatable bonds is 6. The number of nitrogens with one attached hydrogen (secondary N) is 1. The number of nitrogens with zero attached hydrogens (tertiary/aromatic N) is 1. The molecule has 4 heteroatoms. The standard InChI is InChI=1S/C15H24N2OS/c1-3-17(2)14(18)11-16-15(12-7-4-5-8-12)13-9-6-10-19-13/h6,9-10,12,15-16H,3-5,7-8,11H2,1-2H3. The molecule has 1 amide bonds. The predicted octanol–water partition coefficient (Wildman–Crippen LogP) is 3.05. The first-order chi connectivity index (χ1) is 9.22. The van der Waals surface area contributed by atoms with Crippen LogP contribution in [0.25, 0.3) is 0 Å². The average molecular weight is 280 g/mol. The minimum absolute atomic E-state index is 0.182. The first-order valence-corrected chi connectivity index (χ1v) is 8.11. The summed E-state index contributed by atoms with van der Waals surface area (Å²) in [6, 6.07) is 4.65. The van der Waals surface area contributed by atoms with Crippen LogP contribution in [0.2, 0.25) is 0 Å². The van der Waals surface area contributed by atoms with Gasteiger partial charge in [0.1, 0.15) is 0 Å². The molecule has 0 spiro atoms. The van der Waals surface area contributed by atoms with Crippen molar-refractivity contribution in [2.45, 2.75) is 38.6 Å². The maximum absolute atomic E-state index is 11.9.